The van der Waals surface area contributed by atoms with Gasteiger partial charge in [-0.15, -0.1) is 0 Å². The van der Waals surface area contributed by atoms with Gasteiger partial charge in [0.2, 0.25) is 0 Å². The van der Waals surface area contributed by atoms with Crippen molar-refractivity contribution in [2.75, 3.05) is 0 Å². The zero-order valence-electron chi connectivity index (χ0n) is 21.1. The van der Waals surface area contributed by atoms with E-state index in [0.717, 1.165) is 24.0 Å². The van der Waals surface area contributed by atoms with Gasteiger partial charge in [0.1, 0.15) is 18.0 Å². The molecule has 0 aromatic heterocycles. The molecule has 7 nitrogen and oxygen atoms in total. The zero-order chi connectivity index (χ0) is 25.1. The van der Waals surface area contributed by atoms with Crippen molar-refractivity contribution >= 4 is 23.7 Å². The van der Waals surface area contributed by atoms with Crippen molar-refractivity contribution in [2.24, 2.45) is 22.7 Å². The maximum atomic E-state index is 12.7. The van der Waals surface area contributed by atoms with Crippen LogP contribution in [0.1, 0.15) is 80.1 Å². The Kier molecular flexibility index (Phi) is 6.06. The predicted octanol–water partition coefficient (Wildman–Crippen LogP) is 4.23. The van der Waals surface area contributed by atoms with E-state index < -0.39 is 34.5 Å². The molecular weight excluding hydrogens is 436 g/mol. The molecule has 0 N–H and O–H groups in total. The molecule has 4 aliphatic rings. The average Bonchev–Trinajstić information content (AvgIpc) is 3.04. The van der Waals surface area contributed by atoms with E-state index in [4.69, 9.17) is 14.2 Å². The third kappa shape index (κ3) is 3.54. The van der Waals surface area contributed by atoms with Crippen LogP contribution >= 0.6 is 0 Å². The molecule has 0 bridgehead atoms. The number of hydrogen-bond acceptors (Lipinski definition) is 7. The van der Waals surface area contributed by atoms with Crippen molar-refractivity contribution in [3.8, 4) is 0 Å². The van der Waals surface area contributed by atoms with E-state index in [2.05, 4.69) is 13.0 Å². The zero-order valence-corrected chi connectivity index (χ0v) is 21.1. The highest BCUT2D eigenvalue weighted by molar-refractivity contribution is 5.80. The molecule has 34 heavy (non-hydrogen) atoms. The Labute approximate surface area is 201 Å². The number of esters is 3. The van der Waals surface area contributed by atoms with Gasteiger partial charge in [0.05, 0.1) is 0 Å². The Morgan fingerprint density at radius 1 is 0.853 bits per heavy atom. The van der Waals surface area contributed by atoms with Crippen LogP contribution in [-0.4, -0.2) is 41.5 Å². The van der Waals surface area contributed by atoms with E-state index in [9.17, 15) is 19.2 Å². The van der Waals surface area contributed by atoms with E-state index in [0.29, 0.717) is 25.7 Å². The normalized spacial score (nSPS) is 40.5. The maximum absolute atomic E-state index is 12.7. The Morgan fingerprint density at radius 3 is 2.12 bits per heavy atom. The summed E-state index contributed by atoms with van der Waals surface area (Å²) in [5, 5.41) is 0. The molecule has 7 atom stereocenters. The number of hydrogen-bond donors (Lipinski definition) is 0. The molecule has 0 aromatic carbocycles. The minimum atomic E-state index is -1.22. The SMILES string of the molecule is CC(=O)OC1CCC2=CC=C3[C@@H]4CC[C@H](C(C)=O)[C@@]4(C)CC(OC(C)=O)[C@]3(OC(C)=O)[C@@]2(C)C1. The number of carbonyl (C=O) groups is 4. The molecule has 0 radical (unpaired) electrons. The van der Waals surface area contributed by atoms with Crippen LogP contribution in [0.2, 0.25) is 0 Å². The first-order valence-electron chi connectivity index (χ1n) is 12.3. The monoisotopic (exact) mass is 472 g/mol. The maximum Gasteiger partial charge on any atom is 0.303 e. The number of Topliss-reactive ketones (excluding diaryl/α,β-unsaturated/α-hetero) is 1. The van der Waals surface area contributed by atoms with E-state index in [1.54, 1.807) is 6.92 Å². The van der Waals surface area contributed by atoms with Crippen molar-refractivity contribution in [1.82, 2.24) is 0 Å². The van der Waals surface area contributed by atoms with Crippen LogP contribution in [0.15, 0.2) is 23.3 Å². The predicted molar refractivity (Wildman–Crippen MR) is 123 cm³/mol. The molecule has 3 saturated carbocycles. The van der Waals surface area contributed by atoms with Crippen LogP contribution in [0.4, 0.5) is 0 Å². The van der Waals surface area contributed by atoms with Gasteiger partial charge >= 0.3 is 17.9 Å². The molecule has 0 heterocycles. The highest BCUT2D eigenvalue weighted by Crippen LogP contribution is 2.68. The minimum Gasteiger partial charge on any atom is -0.463 e. The Morgan fingerprint density at radius 2 is 1.53 bits per heavy atom. The molecular formula is C27H36O7. The molecule has 2 unspecified atom stereocenters. The van der Waals surface area contributed by atoms with Crippen LogP contribution < -0.4 is 0 Å². The van der Waals surface area contributed by atoms with E-state index >= 15 is 0 Å². The van der Waals surface area contributed by atoms with E-state index in [-0.39, 0.29) is 29.7 Å². The number of fused-ring (bicyclic) bond motifs is 5. The van der Waals surface area contributed by atoms with Gasteiger partial charge < -0.3 is 14.2 Å². The lowest BCUT2D eigenvalue weighted by atomic mass is 9.46. The van der Waals surface area contributed by atoms with Crippen LogP contribution in [0.3, 0.4) is 0 Å². The van der Waals surface area contributed by atoms with Gasteiger partial charge in [-0.2, -0.15) is 0 Å². The fraction of sp³-hybridized carbons (Fsp3) is 0.704. The molecule has 4 rings (SSSR count). The number of rotatable bonds is 4. The Hall–Kier alpha value is -2.44. The number of ketones is 1. The Bertz CT molecular complexity index is 993. The van der Waals surface area contributed by atoms with Crippen molar-refractivity contribution in [2.45, 2.75) is 97.9 Å². The van der Waals surface area contributed by atoms with Crippen LogP contribution in [0, 0.1) is 22.7 Å². The van der Waals surface area contributed by atoms with Crippen LogP contribution in [0.25, 0.3) is 0 Å². The average molecular weight is 473 g/mol. The first-order chi connectivity index (χ1) is 15.8. The highest BCUT2D eigenvalue weighted by atomic mass is 16.6. The number of carbonyl (C=O) groups excluding carboxylic acids is 4. The third-order valence-corrected chi connectivity index (χ3v) is 9.02. The van der Waals surface area contributed by atoms with Gasteiger partial charge in [0, 0.05) is 32.1 Å². The topological polar surface area (TPSA) is 96.0 Å². The molecule has 186 valence electrons. The van der Waals surface area contributed by atoms with Crippen molar-refractivity contribution in [1.29, 1.82) is 0 Å². The lowest BCUT2D eigenvalue weighted by Crippen LogP contribution is -2.68. The first-order valence-corrected chi connectivity index (χ1v) is 12.3. The molecule has 0 spiro atoms. The second kappa shape index (κ2) is 8.35. The minimum absolute atomic E-state index is 0.0104. The summed E-state index contributed by atoms with van der Waals surface area (Å²) in [6.07, 6.45) is 6.88. The van der Waals surface area contributed by atoms with Crippen molar-refractivity contribution < 1.29 is 33.4 Å². The molecule has 0 aromatic rings. The number of allylic oxidation sites excluding steroid dienone is 2. The molecule has 3 fully saturated rings. The largest absolute Gasteiger partial charge is 0.463 e. The van der Waals surface area contributed by atoms with Gasteiger partial charge in [-0.05, 0) is 62.4 Å². The molecule has 0 amide bonds. The van der Waals surface area contributed by atoms with Gasteiger partial charge in [0.15, 0.2) is 5.60 Å². The number of ether oxygens (including phenoxy) is 3. The summed E-state index contributed by atoms with van der Waals surface area (Å²) in [6.45, 7) is 9.92. The summed E-state index contributed by atoms with van der Waals surface area (Å²) in [7, 11) is 0. The van der Waals surface area contributed by atoms with Gasteiger partial charge in [-0.3, -0.25) is 19.2 Å². The second-order valence-corrected chi connectivity index (χ2v) is 11.1. The third-order valence-electron chi connectivity index (χ3n) is 9.02. The first kappa shape index (κ1) is 24.7. The summed E-state index contributed by atoms with van der Waals surface area (Å²) in [5.74, 6) is -1.26. The molecule has 4 aliphatic carbocycles. The molecule has 7 heteroatoms. The smallest absolute Gasteiger partial charge is 0.303 e. The lowest BCUT2D eigenvalue weighted by molar-refractivity contribution is -0.219. The van der Waals surface area contributed by atoms with Gasteiger partial charge in [-0.1, -0.05) is 31.6 Å². The summed E-state index contributed by atoms with van der Waals surface area (Å²) in [5.41, 5.74) is -0.336. The van der Waals surface area contributed by atoms with E-state index in [1.165, 1.54) is 20.8 Å². The summed E-state index contributed by atoms with van der Waals surface area (Å²) in [6, 6.07) is 0. The standard InChI is InChI=1S/C27H36O7/c1-15(28)21-11-12-22-23-10-8-19-7-9-20(32-16(2)29)13-26(19,6)27(23,34-18(4)31)24(33-17(3)30)14-25(21,22)5/h8,10,20-22,24H,7,9,11-14H2,1-6H3/t20?,21-,22+,24?,25-,26+,27+/m1/s1. The molecule has 0 saturated heterocycles. The fourth-order valence-corrected chi connectivity index (χ4v) is 7.85. The fourth-order valence-electron chi connectivity index (χ4n) is 7.85. The van der Waals surface area contributed by atoms with Crippen LogP contribution in [-0.2, 0) is 33.4 Å². The highest BCUT2D eigenvalue weighted by Gasteiger charge is 2.71. The lowest BCUT2D eigenvalue weighted by Gasteiger charge is -2.62. The Balaban J connectivity index is 1.92. The van der Waals surface area contributed by atoms with Crippen molar-refractivity contribution in [3.63, 3.8) is 0 Å². The quantitative estimate of drug-likeness (QED) is 0.446. The summed E-state index contributed by atoms with van der Waals surface area (Å²) < 4.78 is 17.9. The van der Waals surface area contributed by atoms with Crippen molar-refractivity contribution in [3.05, 3.63) is 23.3 Å². The second-order valence-electron chi connectivity index (χ2n) is 11.1. The summed E-state index contributed by atoms with van der Waals surface area (Å²) in [4.78, 5) is 49.4. The summed E-state index contributed by atoms with van der Waals surface area (Å²) >= 11 is 0. The van der Waals surface area contributed by atoms with Gasteiger partial charge in [0.25, 0.3) is 0 Å². The van der Waals surface area contributed by atoms with E-state index in [1.807, 2.05) is 13.0 Å². The van der Waals surface area contributed by atoms with Gasteiger partial charge in [-0.25, -0.2) is 0 Å². The van der Waals surface area contributed by atoms with Crippen LogP contribution in [0.5, 0.6) is 0 Å². The molecule has 0 aliphatic heterocycles.